The van der Waals surface area contributed by atoms with E-state index >= 15 is 0 Å². The molecule has 0 saturated carbocycles. The lowest BCUT2D eigenvalue weighted by Crippen LogP contribution is -2.30. The van der Waals surface area contributed by atoms with Gasteiger partial charge in [0.25, 0.3) is 0 Å². The number of rotatable bonds is 68. The molecule has 0 aromatic rings. The van der Waals surface area contributed by atoms with Crippen LogP contribution in [0.15, 0.2) is 36.5 Å². The molecule has 0 aromatic carbocycles. The first-order valence-electron chi connectivity index (χ1n) is 36.5. The maximum absolute atomic E-state index is 12.9. The minimum absolute atomic E-state index is 0.0640. The summed E-state index contributed by atoms with van der Waals surface area (Å²) in [7, 11) is 0. The summed E-state index contributed by atoms with van der Waals surface area (Å²) in [5.74, 6) is -0.831. The van der Waals surface area contributed by atoms with E-state index in [-0.39, 0.29) is 31.1 Å². The Balaban J connectivity index is 4.11. The molecular weight excluding hydrogens is 997 g/mol. The van der Waals surface area contributed by atoms with Gasteiger partial charge < -0.3 is 14.2 Å². The van der Waals surface area contributed by atoms with Crippen LogP contribution in [0.4, 0.5) is 0 Å². The summed E-state index contributed by atoms with van der Waals surface area (Å²) in [6, 6.07) is 0. The molecule has 0 fully saturated rings. The first kappa shape index (κ1) is 78.6. The van der Waals surface area contributed by atoms with Gasteiger partial charge in [-0.1, -0.05) is 365 Å². The third-order valence-corrected chi connectivity index (χ3v) is 16.6. The van der Waals surface area contributed by atoms with E-state index in [2.05, 4.69) is 57.2 Å². The molecule has 6 heteroatoms. The summed E-state index contributed by atoms with van der Waals surface area (Å²) in [4.78, 5) is 38.4. The number of hydrogen-bond acceptors (Lipinski definition) is 6. The fourth-order valence-electron chi connectivity index (χ4n) is 11.2. The molecule has 476 valence electrons. The number of unbranched alkanes of at least 4 members (excludes halogenated alkanes) is 51. The van der Waals surface area contributed by atoms with Crippen molar-refractivity contribution in [1.82, 2.24) is 0 Å². The normalized spacial score (nSPS) is 12.2. The van der Waals surface area contributed by atoms with Crippen LogP contribution >= 0.6 is 0 Å². The molecule has 0 heterocycles. The Bertz CT molecular complexity index is 1350. The molecular formula is C75H140O6. The first-order valence-corrected chi connectivity index (χ1v) is 36.5. The zero-order chi connectivity index (χ0) is 58.5. The summed E-state index contributed by atoms with van der Waals surface area (Å²) in [6.45, 7) is 6.70. The highest BCUT2D eigenvalue weighted by Gasteiger charge is 2.19. The van der Waals surface area contributed by atoms with Crippen LogP contribution < -0.4 is 0 Å². The Morgan fingerprint density at radius 1 is 0.247 bits per heavy atom. The van der Waals surface area contributed by atoms with Crippen LogP contribution in [0.2, 0.25) is 0 Å². The van der Waals surface area contributed by atoms with E-state index in [4.69, 9.17) is 14.2 Å². The summed E-state index contributed by atoms with van der Waals surface area (Å²) >= 11 is 0. The Morgan fingerprint density at radius 2 is 0.444 bits per heavy atom. The average molecular weight is 1140 g/mol. The standard InChI is InChI=1S/C75H140O6/c1-4-7-10-13-16-19-22-25-27-29-30-31-32-33-34-35-36-37-38-39-40-41-42-43-44-46-47-50-53-56-59-62-65-68-74(77)80-71-72(70-79-73(76)67-64-61-58-55-52-49-24-21-18-15-12-9-6-3)81-75(78)69-66-63-60-57-54-51-48-45-28-26-23-20-17-14-11-8-5-2/h22,25,29-30,32-33,72H,4-21,23-24,26-28,31,34-71H2,1-3H3/b25-22-,30-29-,33-32-. The highest BCUT2D eigenvalue weighted by atomic mass is 16.6. The quantitative estimate of drug-likeness (QED) is 0.0261. The molecule has 0 spiro atoms. The van der Waals surface area contributed by atoms with Crippen LogP contribution in [-0.2, 0) is 28.6 Å². The number of hydrogen-bond donors (Lipinski definition) is 0. The number of ether oxygens (including phenoxy) is 3. The van der Waals surface area contributed by atoms with Crippen molar-refractivity contribution in [2.45, 2.75) is 412 Å². The summed E-state index contributed by atoms with van der Waals surface area (Å²) in [5.41, 5.74) is 0. The van der Waals surface area contributed by atoms with Gasteiger partial charge in [0.15, 0.2) is 6.10 Å². The smallest absolute Gasteiger partial charge is 0.306 e. The molecule has 0 amide bonds. The van der Waals surface area contributed by atoms with Crippen molar-refractivity contribution in [3.05, 3.63) is 36.5 Å². The minimum Gasteiger partial charge on any atom is -0.462 e. The zero-order valence-electron chi connectivity index (χ0n) is 54.8. The highest BCUT2D eigenvalue weighted by Crippen LogP contribution is 2.19. The monoisotopic (exact) mass is 1140 g/mol. The fraction of sp³-hybridized carbons (Fsp3) is 0.880. The molecule has 0 N–H and O–H groups in total. The Kier molecular flexibility index (Phi) is 68.1. The predicted octanol–water partition coefficient (Wildman–Crippen LogP) is 25.1. The van der Waals surface area contributed by atoms with Gasteiger partial charge in [-0.15, -0.1) is 0 Å². The van der Waals surface area contributed by atoms with Crippen molar-refractivity contribution in [2.75, 3.05) is 13.2 Å². The summed E-state index contributed by atoms with van der Waals surface area (Å²) in [6.07, 6.45) is 87.6. The molecule has 1 atom stereocenters. The van der Waals surface area contributed by atoms with Crippen LogP contribution in [0.3, 0.4) is 0 Å². The van der Waals surface area contributed by atoms with Gasteiger partial charge in [0.05, 0.1) is 0 Å². The van der Waals surface area contributed by atoms with E-state index in [1.165, 1.54) is 295 Å². The van der Waals surface area contributed by atoms with Crippen LogP contribution in [0.1, 0.15) is 406 Å². The number of allylic oxidation sites excluding steroid dienone is 6. The van der Waals surface area contributed by atoms with E-state index in [0.717, 1.165) is 70.6 Å². The lowest BCUT2D eigenvalue weighted by atomic mass is 10.0. The molecule has 0 aromatic heterocycles. The molecule has 0 rings (SSSR count). The number of carbonyl (C=O) groups excluding carboxylic acids is 3. The Hall–Kier alpha value is -2.37. The molecule has 1 unspecified atom stereocenters. The van der Waals surface area contributed by atoms with Gasteiger partial charge in [-0.2, -0.15) is 0 Å². The Morgan fingerprint density at radius 3 is 0.691 bits per heavy atom. The maximum atomic E-state index is 12.9. The van der Waals surface area contributed by atoms with Gasteiger partial charge in [-0.3, -0.25) is 14.4 Å². The van der Waals surface area contributed by atoms with E-state index in [1.54, 1.807) is 0 Å². The zero-order valence-corrected chi connectivity index (χ0v) is 54.8. The van der Waals surface area contributed by atoms with Crippen molar-refractivity contribution in [2.24, 2.45) is 0 Å². The van der Waals surface area contributed by atoms with E-state index < -0.39 is 6.10 Å². The molecule has 0 radical (unpaired) electrons. The van der Waals surface area contributed by atoms with Gasteiger partial charge in [0.1, 0.15) is 13.2 Å². The van der Waals surface area contributed by atoms with Crippen molar-refractivity contribution in [1.29, 1.82) is 0 Å². The fourth-order valence-corrected chi connectivity index (χ4v) is 11.2. The largest absolute Gasteiger partial charge is 0.462 e. The van der Waals surface area contributed by atoms with Crippen LogP contribution in [0.5, 0.6) is 0 Å². The van der Waals surface area contributed by atoms with Gasteiger partial charge in [0, 0.05) is 19.3 Å². The Labute approximate surface area is 506 Å². The lowest BCUT2D eigenvalue weighted by Gasteiger charge is -2.18. The predicted molar refractivity (Wildman–Crippen MR) is 353 cm³/mol. The topological polar surface area (TPSA) is 78.9 Å². The second kappa shape index (κ2) is 70.1. The van der Waals surface area contributed by atoms with Crippen molar-refractivity contribution < 1.29 is 28.6 Å². The second-order valence-corrected chi connectivity index (χ2v) is 24.9. The second-order valence-electron chi connectivity index (χ2n) is 24.9. The van der Waals surface area contributed by atoms with Crippen LogP contribution in [-0.4, -0.2) is 37.2 Å². The van der Waals surface area contributed by atoms with Crippen molar-refractivity contribution >= 4 is 17.9 Å². The SMILES string of the molecule is CCCCCCC/C=C\C/C=C\C/C=C\CCCCCCCCCCCCCCCCCCCCC(=O)OCC(COC(=O)CCCCCCCCCCCCCCC)OC(=O)CCCCCCCCCCCCCCCCCCC. The average Bonchev–Trinajstić information content (AvgIpc) is 3.46. The van der Waals surface area contributed by atoms with Crippen molar-refractivity contribution in [3.63, 3.8) is 0 Å². The minimum atomic E-state index is -0.767. The molecule has 6 nitrogen and oxygen atoms in total. The third kappa shape index (κ3) is 68.3. The summed E-state index contributed by atoms with van der Waals surface area (Å²) in [5, 5.41) is 0. The van der Waals surface area contributed by atoms with Gasteiger partial charge in [0.2, 0.25) is 0 Å². The lowest BCUT2D eigenvalue weighted by molar-refractivity contribution is -0.167. The highest BCUT2D eigenvalue weighted by molar-refractivity contribution is 5.71. The molecule has 0 aliphatic carbocycles. The molecule has 0 bridgehead atoms. The maximum Gasteiger partial charge on any atom is 0.306 e. The molecule has 0 saturated heterocycles. The molecule has 81 heavy (non-hydrogen) atoms. The third-order valence-electron chi connectivity index (χ3n) is 16.6. The van der Waals surface area contributed by atoms with Crippen LogP contribution in [0, 0.1) is 0 Å². The first-order chi connectivity index (χ1) is 40.0. The van der Waals surface area contributed by atoms with Crippen LogP contribution in [0.25, 0.3) is 0 Å². The van der Waals surface area contributed by atoms with E-state index in [1.807, 2.05) is 0 Å². The van der Waals surface area contributed by atoms with Gasteiger partial charge in [-0.05, 0) is 57.8 Å². The number of carbonyl (C=O) groups is 3. The molecule has 0 aliphatic rings. The van der Waals surface area contributed by atoms with E-state index in [0.29, 0.717) is 19.3 Å². The van der Waals surface area contributed by atoms with Gasteiger partial charge >= 0.3 is 17.9 Å². The molecule has 0 aliphatic heterocycles. The van der Waals surface area contributed by atoms with E-state index in [9.17, 15) is 14.4 Å². The summed E-state index contributed by atoms with van der Waals surface area (Å²) < 4.78 is 17.0. The number of esters is 3. The van der Waals surface area contributed by atoms with Crippen molar-refractivity contribution in [3.8, 4) is 0 Å². The van der Waals surface area contributed by atoms with Gasteiger partial charge in [-0.25, -0.2) is 0 Å².